The summed E-state index contributed by atoms with van der Waals surface area (Å²) in [6.45, 7) is 7.58. The van der Waals surface area contributed by atoms with Crippen LogP contribution in [-0.4, -0.2) is 41.8 Å². The Morgan fingerprint density at radius 1 is 1.04 bits per heavy atom. The number of fused-ring (bicyclic) bond motifs is 1. The molecule has 6 nitrogen and oxygen atoms in total. The third-order valence-electron chi connectivity index (χ3n) is 4.76. The molecule has 2 rings (SSSR count). The number of nitrogens with one attached hydrogen (secondary N) is 1. The van der Waals surface area contributed by atoms with Gasteiger partial charge in [-0.1, -0.05) is 38.8 Å². The van der Waals surface area contributed by atoms with Crippen LogP contribution in [-0.2, 0) is 0 Å². The molecule has 0 spiro atoms. The highest BCUT2D eigenvalue weighted by Crippen LogP contribution is 2.22. The van der Waals surface area contributed by atoms with Crippen molar-refractivity contribution < 1.29 is 9.59 Å². The predicted molar refractivity (Wildman–Crippen MR) is 124 cm³/mol. The van der Waals surface area contributed by atoms with Gasteiger partial charge in [0.2, 0.25) is 0 Å². The van der Waals surface area contributed by atoms with Crippen LogP contribution < -0.4 is 11.1 Å². The van der Waals surface area contributed by atoms with Gasteiger partial charge in [0.15, 0.2) is 5.96 Å². The minimum atomic E-state index is -0.199. The van der Waals surface area contributed by atoms with Crippen LogP contribution >= 0.6 is 24.0 Å². The number of guanidine groups is 1. The third-order valence-corrected chi connectivity index (χ3v) is 4.76. The summed E-state index contributed by atoms with van der Waals surface area (Å²) in [5.74, 6) is 0.796. The zero-order valence-electron chi connectivity index (χ0n) is 17.1. The largest absolute Gasteiger partial charge is 0.370 e. The van der Waals surface area contributed by atoms with Crippen LogP contribution in [0, 0.1) is 5.92 Å². The number of hydrogen-bond donors (Lipinski definition) is 2. The van der Waals surface area contributed by atoms with Gasteiger partial charge in [0, 0.05) is 19.1 Å². The molecule has 0 aliphatic carbocycles. The molecule has 1 unspecified atom stereocenters. The number of unbranched alkanes of at least 4 members (excludes halogenated alkanes) is 1. The Morgan fingerprint density at radius 2 is 1.64 bits per heavy atom. The quantitative estimate of drug-likeness (QED) is 0.168. The fourth-order valence-electron chi connectivity index (χ4n) is 3.23. The van der Waals surface area contributed by atoms with E-state index in [0.717, 1.165) is 18.8 Å². The molecule has 0 saturated carbocycles. The zero-order valence-corrected chi connectivity index (χ0v) is 19.4. The van der Waals surface area contributed by atoms with E-state index in [9.17, 15) is 9.59 Å². The van der Waals surface area contributed by atoms with E-state index in [2.05, 4.69) is 31.1 Å². The number of halogens is 1. The van der Waals surface area contributed by atoms with Gasteiger partial charge in [0.05, 0.1) is 11.1 Å². The molecule has 0 saturated heterocycles. The lowest BCUT2D eigenvalue weighted by Crippen LogP contribution is -2.38. The van der Waals surface area contributed by atoms with Crippen LogP contribution in [0.4, 0.5) is 0 Å². The number of hydrogen-bond acceptors (Lipinski definition) is 3. The summed E-state index contributed by atoms with van der Waals surface area (Å²) < 4.78 is 0. The van der Waals surface area contributed by atoms with Crippen molar-refractivity contribution in [1.82, 2.24) is 10.2 Å². The topological polar surface area (TPSA) is 87.8 Å². The van der Waals surface area contributed by atoms with Crippen molar-refractivity contribution >= 4 is 41.8 Å². The highest BCUT2D eigenvalue weighted by atomic mass is 127. The second-order valence-corrected chi connectivity index (χ2v) is 7.65. The normalized spacial score (nSPS) is 14.9. The fraction of sp³-hybridized carbons (Fsp3) is 0.571. The minimum Gasteiger partial charge on any atom is -0.370 e. The molecule has 1 aliphatic heterocycles. The maximum Gasteiger partial charge on any atom is 0.261 e. The number of nitrogens with two attached hydrogens (primary N) is 1. The van der Waals surface area contributed by atoms with Gasteiger partial charge in [-0.2, -0.15) is 0 Å². The second-order valence-electron chi connectivity index (χ2n) is 7.65. The minimum absolute atomic E-state index is 0. The molecule has 0 aromatic heterocycles. The van der Waals surface area contributed by atoms with E-state index in [0.29, 0.717) is 42.6 Å². The van der Waals surface area contributed by atoms with E-state index in [1.165, 1.54) is 17.7 Å². The van der Waals surface area contributed by atoms with E-state index >= 15 is 0 Å². The average molecular weight is 500 g/mol. The van der Waals surface area contributed by atoms with E-state index in [1.807, 2.05) is 0 Å². The van der Waals surface area contributed by atoms with Crippen LogP contribution in [0.3, 0.4) is 0 Å². The van der Waals surface area contributed by atoms with Crippen LogP contribution in [0.5, 0.6) is 0 Å². The molecular weight excluding hydrogens is 467 g/mol. The number of nitrogens with zero attached hydrogens (tertiary/aromatic N) is 2. The summed E-state index contributed by atoms with van der Waals surface area (Å²) in [5, 5.41) is 3.22. The van der Waals surface area contributed by atoms with Gasteiger partial charge < -0.3 is 11.1 Å². The van der Waals surface area contributed by atoms with Gasteiger partial charge in [0.1, 0.15) is 0 Å². The maximum absolute atomic E-state index is 12.3. The third kappa shape index (κ3) is 7.07. The summed E-state index contributed by atoms with van der Waals surface area (Å²) in [7, 11) is 0. The van der Waals surface area contributed by atoms with Gasteiger partial charge in [-0.05, 0) is 44.2 Å². The van der Waals surface area contributed by atoms with Crippen LogP contribution in [0.2, 0.25) is 0 Å². The first-order chi connectivity index (χ1) is 12.9. The summed E-state index contributed by atoms with van der Waals surface area (Å²) in [6.07, 6.45) is 4.97. The Morgan fingerprint density at radius 3 is 2.21 bits per heavy atom. The van der Waals surface area contributed by atoms with Crippen molar-refractivity contribution in [3.05, 3.63) is 35.4 Å². The van der Waals surface area contributed by atoms with Gasteiger partial charge in [-0.3, -0.25) is 19.5 Å². The SMILES string of the molecule is CC(C)CCCC(C)NC(N)=NCCCCN1C(=O)c2ccccc2C1=O.I. The molecule has 3 N–H and O–H groups in total. The van der Waals surface area contributed by atoms with E-state index < -0.39 is 0 Å². The first-order valence-electron chi connectivity index (χ1n) is 9.91. The van der Waals surface area contributed by atoms with Gasteiger partial charge >= 0.3 is 0 Å². The van der Waals surface area contributed by atoms with Crippen molar-refractivity contribution in [1.29, 1.82) is 0 Å². The number of rotatable bonds is 10. The molecule has 1 heterocycles. The van der Waals surface area contributed by atoms with Crippen molar-refractivity contribution in [3.8, 4) is 0 Å². The summed E-state index contributed by atoms with van der Waals surface area (Å²) in [5.41, 5.74) is 6.93. The molecule has 1 aromatic carbocycles. The molecule has 7 heteroatoms. The molecular formula is C21H33IN4O2. The standard InChI is InChI=1S/C21H32N4O2.HI/c1-15(2)9-8-10-16(3)24-21(22)23-13-6-7-14-25-19(26)17-11-4-5-12-18(17)20(25)27;/h4-5,11-12,15-16H,6-10,13-14H2,1-3H3,(H3,22,23,24);1H. The molecule has 2 amide bonds. The maximum atomic E-state index is 12.3. The van der Waals surface area contributed by atoms with Gasteiger partial charge in [0.25, 0.3) is 11.8 Å². The van der Waals surface area contributed by atoms with E-state index in [1.54, 1.807) is 24.3 Å². The predicted octanol–water partition coefficient (Wildman–Crippen LogP) is 3.80. The number of carbonyl (C=O) groups excluding carboxylic acids is 2. The highest BCUT2D eigenvalue weighted by Gasteiger charge is 2.34. The molecule has 28 heavy (non-hydrogen) atoms. The molecule has 0 radical (unpaired) electrons. The highest BCUT2D eigenvalue weighted by molar-refractivity contribution is 14.0. The van der Waals surface area contributed by atoms with Crippen molar-refractivity contribution in [2.75, 3.05) is 13.1 Å². The van der Waals surface area contributed by atoms with Crippen molar-refractivity contribution in [2.24, 2.45) is 16.6 Å². The molecule has 1 atom stereocenters. The first-order valence-corrected chi connectivity index (χ1v) is 9.91. The fourth-order valence-corrected chi connectivity index (χ4v) is 3.23. The Balaban J connectivity index is 0.00000392. The van der Waals surface area contributed by atoms with Gasteiger partial charge in [-0.15, -0.1) is 24.0 Å². The molecule has 0 bridgehead atoms. The second kappa shape index (κ2) is 12.0. The molecule has 1 aliphatic rings. The molecule has 1 aromatic rings. The lowest BCUT2D eigenvalue weighted by Gasteiger charge is -2.15. The molecule has 156 valence electrons. The Labute approximate surface area is 185 Å². The summed E-state index contributed by atoms with van der Waals surface area (Å²) in [4.78, 5) is 30.2. The summed E-state index contributed by atoms with van der Waals surface area (Å²) in [6, 6.07) is 7.28. The summed E-state index contributed by atoms with van der Waals surface area (Å²) >= 11 is 0. The van der Waals surface area contributed by atoms with Crippen LogP contribution in [0.1, 0.15) is 73.6 Å². The Hall–Kier alpha value is -1.64. The Bertz CT molecular complexity index is 656. The monoisotopic (exact) mass is 500 g/mol. The number of carbonyl (C=O) groups is 2. The number of benzene rings is 1. The number of imide groups is 1. The van der Waals surface area contributed by atoms with Crippen LogP contribution in [0.25, 0.3) is 0 Å². The smallest absolute Gasteiger partial charge is 0.261 e. The number of amides is 2. The lowest BCUT2D eigenvalue weighted by atomic mass is 10.0. The van der Waals surface area contributed by atoms with Crippen molar-refractivity contribution in [2.45, 2.75) is 58.9 Å². The van der Waals surface area contributed by atoms with E-state index in [4.69, 9.17) is 5.73 Å². The first kappa shape index (κ1) is 24.4. The van der Waals surface area contributed by atoms with Gasteiger partial charge in [-0.25, -0.2) is 0 Å². The Kier molecular flexibility index (Phi) is 10.5. The number of aliphatic imine (C=N–C) groups is 1. The molecule has 0 fully saturated rings. The van der Waals surface area contributed by atoms with Crippen LogP contribution in [0.15, 0.2) is 29.3 Å². The average Bonchev–Trinajstić information content (AvgIpc) is 2.86. The van der Waals surface area contributed by atoms with E-state index in [-0.39, 0.29) is 35.8 Å². The lowest BCUT2D eigenvalue weighted by molar-refractivity contribution is 0.0652. The zero-order chi connectivity index (χ0) is 19.8. The van der Waals surface area contributed by atoms with Crippen molar-refractivity contribution in [3.63, 3.8) is 0 Å².